The fourth-order valence-corrected chi connectivity index (χ4v) is 2.90. The van der Waals surface area contributed by atoms with E-state index in [-0.39, 0.29) is 12.0 Å². The van der Waals surface area contributed by atoms with Crippen molar-refractivity contribution >= 4 is 5.78 Å². The third-order valence-electron chi connectivity index (χ3n) is 3.80. The Bertz CT molecular complexity index is 437. The Kier molecular flexibility index (Phi) is 4.62. The first-order valence-corrected chi connectivity index (χ1v) is 7.37. The van der Waals surface area contributed by atoms with Crippen molar-refractivity contribution < 1.29 is 9.53 Å². The lowest BCUT2D eigenvalue weighted by molar-refractivity contribution is 0.0867. The van der Waals surface area contributed by atoms with Gasteiger partial charge in [-0.3, -0.25) is 4.79 Å². The van der Waals surface area contributed by atoms with Crippen LogP contribution in [0.5, 0.6) is 5.75 Å². The number of ether oxygens (including phenoxy) is 1. The summed E-state index contributed by atoms with van der Waals surface area (Å²) in [5.74, 6) is 1.97. The predicted molar refractivity (Wildman–Crippen MR) is 77.7 cm³/mol. The Morgan fingerprint density at radius 1 is 1.32 bits per heavy atom. The van der Waals surface area contributed by atoms with Crippen molar-refractivity contribution in [1.82, 2.24) is 0 Å². The van der Waals surface area contributed by atoms with Gasteiger partial charge in [-0.25, -0.2) is 0 Å². The molecule has 0 saturated heterocycles. The van der Waals surface area contributed by atoms with Gasteiger partial charge in [0, 0.05) is 11.5 Å². The highest BCUT2D eigenvalue weighted by atomic mass is 16.5. The minimum absolute atomic E-state index is 0.139. The van der Waals surface area contributed by atoms with Crippen LogP contribution in [0, 0.1) is 11.8 Å². The van der Waals surface area contributed by atoms with Crippen molar-refractivity contribution in [3.05, 3.63) is 29.8 Å². The Balaban J connectivity index is 2.10. The molecule has 0 N–H and O–H groups in total. The van der Waals surface area contributed by atoms with E-state index in [2.05, 4.69) is 6.92 Å². The lowest BCUT2D eigenvalue weighted by Crippen LogP contribution is -2.22. The molecule has 1 aliphatic rings. The standard InChI is InChI=1S/C17H24O2/c1-12(2)19-16-9-5-8-15(11-16)17(18)14-7-4-6-13(3)10-14/h5,8-9,11-14H,4,6-7,10H2,1-3H3. The second-order valence-corrected chi connectivity index (χ2v) is 6.03. The van der Waals surface area contributed by atoms with Gasteiger partial charge in [-0.1, -0.05) is 31.9 Å². The van der Waals surface area contributed by atoms with Gasteiger partial charge < -0.3 is 4.74 Å². The van der Waals surface area contributed by atoms with Crippen LogP contribution in [0.2, 0.25) is 0 Å². The Hall–Kier alpha value is -1.31. The summed E-state index contributed by atoms with van der Waals surface area (Å²) in [5.41, 5.74) is 0.803. The quantitative estimate of drug-likeness (QED) is 0.746. The number of benzene rings is 1. The van der Waals surface area contributed by atoms with E-state index in [1.54, 1.807) is 0 Å². The van der Waals surface area contributed by atoms with Gasteiger partial charge in [0.1, 0.15) is 5.75 Å². The summed E-state index contributed by atoms with van der Waals surface area (Å²) >= 11 is 0. The van der Waals surface area contributed by atoms with Crippen LogP contribution in [0.1, 0.15) is 56.8 Å². The molecule has 1 aromatic carbocycles. The molecule has 2 unspecified atom stereocenters. The summed E-state index contributed by atoms with van der Waals surface area (Å²) in [6.45, 7) is 6.24. The minimum Gasteiger partial charge on any atom is -0.491 e. The van der Waals surface area contributed by atoms with Gasteiger partial charge >= 0.3 is 0 Å². The van der Waals surface area contributed by atoms with Crippen LogP contribution in [0.4, 0.5) is 0 Å². The highest BCUT2D eigenvalue weighted by Crippen LogP contribution is 2.31. The smallest absolute Gasteiger partial charge is 0.166 e. The van der Waals surface area contributed by atoms with E-state index in [0.717, 1.165) is 24.2 Å². The summed E-state index contributed by atoms with van der Waals surface area (Å²) in [6, 6.07) is 7.63. The highest BCUT2D eigenvalue weighted by Gasteiger charge is 2.25. The molecular weight excluding hydrogens is 236 g/mol. The topological polar surface area (TPSA) is 26.3 Å². The normalized spacial score (nSPS) is 23.4. The first kappa shape index (κ1) is 14.1. The SMILES string of the molecule is CC1CCCC(C(=O)c2cccc(OC(C)C)c2)C1. The Labute approximate surface area is 116 Å². The molecule has 2 rings (SSSR count). The van der Waals surface area contributed by atoms with Crippen molar-refractivity contribution in [3.63, 3.8) is 0 Å². The highest BCUT2D eigenvalue weighted by molar-refractivity contribution is 5.98. The fourth-order valence-electron chi connectivity index (χ4n) is 2.90. The zero-order valence-corrected chi connectivity index (χ0v) is 12.2. The molecule has 1 aliphatic carbocycles. The number of ketones is 1. The Morgan fingerprint density at radius 3 is 2.79 bits per heavy atom. The van der Waals surface area contributed by atoms with E-state index in [4.69, 9.17) is 4.74 Å². The van der Waals surface area contributed by atoms with Crippen LogP contribution in [-0.4, -0.2) is 11.9 Å². The van der Waals surface area contributed by atoms with E-state index in [1.165, 1.54) is 12.8 Å². The largest absolute Gasteiger partial charge is 0.491 e. The third-order valence-corrected chi connectivity index (χ3v) is 3.80. The molecule has 0 amide bonds. The van der Waals surface area contributed by atoms with Crippen LogP contribution >= 0.6 is 0 Å². The number of Topliss-reactive ketones (excluding diaryl/α,β-unsaturated/α-hetero) is 1. The number of rotatable bonds is 4. The molecule has 104 valence electrons. The van der Waals surface area contributed by atoms with Gasteiger partial charge in [0.2, 0.25) is 0 Å². The number of carbonyl (C=O) groups is 1. The predicted octanol–water partition coefficient (Wildman–Crippen LogP) is 4.48. The molecule has 0 radical (unpaired) electrons. The van der Waals surface area contributed by atoms with Crippen molar-refractivity contribution in [2.24, 2.45) is 11.8 Å². The van der Waals surface area contributed by atoms with Gasteiger partial charge in [-0.15, -0.1) is 0 Å². The maximum Gasteiger partial charge on any atom is 0.166 e. The van der Waals surface area contributed by atoms with Crippen LogP contribution in [0.3, 0.4) is 0 Å². The molecule has 1 aromatic rings. The fraction of sp³-hybridized carbons (Fsp3) is 0.588. The van der Waals surface area contributed by atoms with Crippen molar-refractivity contribution in [2.75, 3.05) is 0 Å². The van der Waals surface area contributed by atoms with Gasteiger partial charge in [-0.05, 0) is 44.7 Å². The molecule has 0 aliphatic heterocycles. The number of hydrogen-bond acceptors (Lipinski definition) is 2. The van der Waals surface area contributed by atoms with Gasteiger partial charge in [0.05, 0.1) is 6.10 Å². The maximum atomic E-state index is 12.5. The van der Waals surface area contributed by atoms with E-state index < -0.39 is 0 Å². The van der Waals surface area contributed by atoms with Crippen LogP contribution in [-0.2, 0) is 0 Å². The average molecular weight is 260 g/mol. The monoisotopic (exact) mass is 260 g/mol. The molecule has 2 nitrogen and oxygen atoms in total. The molecule has 1 saturated carbocycles. The third kappa shape index (κ3) is 3.82. The van der Waals surface area contributed by atoms with Crippen molar-refractivity contribution in [2.45, 2.75) is 52.6 Å². The molecule has 19 heavy (non-hydrogen) atoms. The lowest BCUT2D eigenvalue weighted by Gasteiger charge is -2.25. The van der Waals surface area contributed by atoms with Crippen molar-refractivity contribution in [1.29, 1.82) is 0 Å². The van der Waals surface area contributed by atoms with E-state index in [9.17, 15) is 4.79 Å². The molecule has 0 aromatic heterocycles. The average Bonchev–Trinajstić information content (AvgIpc) is 2.37. The molecule has 0 heterocycles. The van der Waals surface area contributed by atoms with Crippen LogP contribution in [0.25, 0.3) is 0 Å². The minimum atomic E-state index is 0.139. The van der Waals surface area contributed by atoms with Gasteiger partial charge in [-0.2, -0.15) is 0 Å². The molecular formula is C17H24O2. The first-order chi connectivity index (χ1) is 9.06. The summed E-state index contributed by atoms with van der Waals surface area (Å²) in [6.07, 6.45) is 4.66. The second-order valence-electron chi connectivity index (χ2n) is 6.03. The zero-order chi connectivity index (χ0) is 13.8. The summed E-state index contributed by atoms with van der Waals surface area (Å²) in [7, 11) is 0. The molecule has 0 spiro atoms. The number of carbonyl (C=O) groups excluding carboxylic acids is 1. The maximum absolute atomic E-state index is 12.5. The first-order valence-electron chi connectivity index (χ1n) is 7.37. The van der Waals surface area contributed by atoms with Crippen LogP contribution in [0.15, 0.2) is 24.3 Å². The van der Waals surface area contributed by atoms with E-state index in [0.29, 0.717) is 11.7 Å². The summed E-state index contributed by atoms with van der Waals surface area (Å²) in [4.78, 5) is 12.5. The van der Waals surface area contributed by atoms with E-state index >= 15 is 0 Å². The summed E-state index contributed by atoms with van der Waals surface area (Å²) < 4.78 is 5.66. The van der Waals surface area contributed by atoms with Crippen molar-refractivity contribution in [3.8, 4) is 5.75 Å². The second kappa shape index (κ2) is 6.23. The summed E-state index contributed by atoms with van der Waals surface area (Å²) in [5, 5.41) is 0. The molecule has 1 fully saturated rings. The Morgan fingerprint density at radius 2 is 2.11 bits per heavy atom. The van der Waals surface area contributed by atoms with Crippen LogP contribution < -0.4 is 4.74 Å². The van der Waals surface area contributed by atoms with Gasteiger partial charge in [0.25, 0.3) is 0 Å². The zero-order valence-electron chi connectivity index (χ0n) is 12.2. The number of hydrogen-bond donors (Lipinski definition) is 0. The molecule has 2 atom stereocenters. The molecule has 0 bridgehead atoms. The molecule has 2 heteroatoms. The van der Waals surface area contributed by atoms with Gasteiger partial charge in [0.15, 0.2) is 5.78 Å². The lowest BCUT2D eigenvalue weighted by atomic mass is 9.79. The van der Waals surface area contributed by atoms with E-state index in [1.807, 2.05) is 38.1 Å².